The Morgan fingerprint density at radius 1 is 1.25 bits per heavy atom. The van der Waals surface area contributed by atoms with E-state index in [0.717, 1.165) is 31.9 Å². The van der Waals surface area contributed by atoms with Gasteiger partial charge in [-0.2, -0.15) is 12.6 Å². The second-order valence-electron chi connectivity index (χ2n) is 3.98. The van der Waals surface area contributed by atoms with E-state index in [2.05, 4.69) is 41.8 Å². The Labute approximate surface area is 102 Å². The molecule has 1 aliphatic rings. The molecule has 1 saturated heterocycles. The molecule has 0 aliphatic carbocycles. The van der Waals surface area contributed by atoms with Gasteiger partial charge in [-0.15, -0.1) is 0 Å². The first-order chi connectivity index (χ1) is 7.81. The van der Waals surface area contributed by atoms with Crippen LogP contribution in [0.1, 0.15) is 11.6 Å². The molecule has 0 radical (unpaired) electrons. The van der Waals surface area contributed by atoms with E-state index in [4.69, 9.17) is 10.5 Å². The van der Waals surface area contributed by atoms with Gasteiger partial charge in [0.15, 0.2) is 0 Å². The van der Waals surface area contributed by atoms with Gasteiger partial charge in [-0.3, -0.25) is 0 Å². The van der Waals surface area contributed by atoms with Crippen LogP contribution in [-0.4, -0.2) is 32.1 Å². The summed E-state index contributed by atoms with van der Waals surface area (Å²) in [5.41, 5.74) is 8.31. The third kappa shape index (κ3) is 2.70. The summed E-state index contributed by atoms with van der Waals surface area (Å²) < 4.78 is 5.33. The molecule has 1 aromatic carbocycles. The fourth-order valence-electron chi connectivity index (χ4n) is 1.86. The van der Waals surface area contributed by atoms with Crippen molar-refractivity contribution in [3.63, 3.8) is 0 Å². The van der Waals surface area contributed by atoms with Gasteiger partial charge in [0.25, 0.3) is 0 Å². The minimum Gasteiger partial charge on any atom is -0.378 e. The number of ether oxygens (including phenoxy) is 1. The molecule has 4 heteroatoms. The zero-order valence-corrected chi connectivity index (χ0v) is 10.2. The topological polar surface area (TPSA) is 38.5 Å². The summed E-state index contributed by atoms with van der Waals surface area (Å²) in [6.45, 7) is 3.58. The van der Waals surface area contributed by atoms with Gasteiger partial charge < -0.3 is 15.4 Å². The van der Waals surface area contributed by atoms with E-state index >= 15 is 0 Å². The van der Waals surface area contributed by atoms with Gasteiger partial charge in [-0.1, -0.05) is 12.1 Å². The van der Waals surface area contributed by atoms with Crippen LogP contribution in [-0.2, 0) is 4.74 Å². The van der Waals surface area contributed by atoms with Crippen molar-refractivity contribution in [2.45, 2.75) is 6.04 Å². The highest BCUT2D eigenvalue weighted by Crippen LogP contribution is 2.19. The minimum atomic E-state index is 0.0297. The number of thiol groups is 1. The molecule has 3 nitrogen and oxygen atoms in total. The Kier molecular flexibility index (Phi) is 4.09. The van der Waals surface area contributed by atoms with Gasteiger partial charge in [0.05, 0.1) is 13.2 Å². The number of morpholine rings is 1. The lowest BCUT2D eigenvalue weighted by molar-refractivity contribution is 0.122. The average molecular weight is 238 g/mol. The van der Waals surface area contributed by atoms with E-state index < -0.39 is 0 Å². The Balaban J connectivity index is 2.06. The first-order valence-corrected chi connectivity index (χ1v) is 6.23. The molecular formula is C12H18N2OS. The van der Waals surface area contributed by atoms with E-state index in [0.29, 0.717) is 5.75 Å². The molecule has 1 atom stereocenters. The first kappa shape index (κ1) is 11.8. The van der Waals surface area contributed by atoms with Gasteiger partial charge in [0, 0.05) is 30.6 Å². The molecule has 0 bridgehead atoms. The first-order valence-electron chi connectivity index (χ1n) is 5.60. The summed E-state index contributed by atoms with van der Waals surface area (Å²) in [5.74, 6) is 0.677. The van der Waals surface area contributed by atoms with Gasteiger partial charge in [-0.05, 0) is 17.7 Å². The maximum absolute atomic E-state index is 5.91. The highest BCUT2D eigenvalue weighted by Gasteiger charge is 2.11. The van der Waals surface area contributed by atoms with Crippen molar-refractivity contribution < 1.29 is 4.74 Å². The van der Waals surface area contributed by atoms with E-state index in [1.54, 1.807) is 0 Å². The molecular weight excluding hydrogens is 220 g/mol. The van der Waals surface area contributed by atoms with Crippen LogP contribution in [0, 0.1) is 0 Å². The number of nitrogens with two attached hydrogens (primary N) is 1. The van der Waals surface area contributed by atoms with Crippen molar-refractivity contribution in [1.29, 1.82) is 0 Å². The fraction of sp³-hybridized carbons (Fsp3) is 0.500. The number of hydrogen-bond donors (Lipinski definition) is 2. The van der Waals surface area contributed by atoms with Crippen LogP contribution in [0.4, 0.5) is 5.69 Å². The smallest absolute Gasteiger partial charge is 0.0642 e. The number of nitrogens with zero attached hydrogens (tertiary/aromatic N) is 1. The maximum Gasteiger partial charge on any atom is 0.0642 e. The Morgan fingerprint density at radius 2 is 1.88 bits per heavy atom. The van der Waals surface area contributed by atoms with Crippen LogP contribution in [0.2, 0.25) is 0 Å². The SMILES string of the molecule is NC(CS)c1ccc(N2CCOCC2)cc1. The number of benzene rings is 1. The molecule has 88 valence electrons. The van der Waals surface area contributed by atoms with Gasteiger partial charge in [-0.25, -0.2) is 0 Å². The van der Waals surface area contributed by atoms with Gasteiger partial charge in [0.2, 0.25) is 0 Å². The van der Waals surface area contributed by atoms with Crippen LogP contribution < -0.4 is 10.6 Å². The highest BCUT2D eigenvalue weighted by atomic mass is 32.1. The third-order valence-electron chi connectivity index (χ3n) is 2.89. The molecule has 0 aromatic heterocycles. The minimum absolute atomic E-state index is 0.0297. The zero-order chi connectivity index (χ0) is 11.4. The van der Waals surface area contributed by atoms with Crippen LogP contribution in [0.15, 0.2) is 24.3 Å². The Morgan fingerprint density at radius 3 is 2.44 bits per heavy atom. The number of rotatable bonds is 3. The van der Waals surface area contributed by atoms with Crippen molar-refractivity contribution >= 4 is 18.3 Å². The molecule has 1 fully saturated rings. The summed E-state index contributed by atoms with van der Waals surface area (Å²) in [4.78, 5) is 2.33. The lowest BCUT2D eigenvalue weighted by Gasteiger charge is -2.29. The van der Waals surface area contributed by atoms with Gasteiger partial charge >= 0.3 is 0 Å². The Bertz CT molecular complexity index is 322. The molecule has 2 N–H and O–H groups in total. The molecule has 0 saturated carbocycles. The number of hydrogen-bond acceptors (Lipinski definition) is 4. The fourth-order valence-corrected chi connectivity index (χ4v) is 2.07. The largest absolute Gasteiger partial charge is 0.378 e. The van der Waals surface area contributed by atoms with Gasteiger partial charge in [0.1, 0.15) is 0 Å². The Hall–Kier alpha value is -0.710. The molecule has 2 rings (SSSR count). The van der Waals surface area contributed by atoms with E-state index in [9.17, 15) is 0 Å². The van der Waals surface area contributed by atoms with Crippen LogP contribution in [0.5, 0.6) is 0 Å². The maximum atomic E-state index is 5.91. The van der Waals surface area contributed by atoms with Crippen molar-refractivity contribution in [2.75, 3.05) is 37.0 Å². The molecule has 0 spiro atoms. The molecule has 1 heterocycles. The number of anilines is 1. The molecule has 1 aromatic rings. The second kappa shape index (κ2) is 5.57. The van der Waals surface area contributed by atoms with E-state index in [-0.39, 0.29) is 6.04 Å². The lowest BCUT2D eigenvalue weighted by atomic mass is 10.1. The van der Waals surface area contributed by atoms with Crippen molar-refractivity contribution in [3.8, 4) is 0 Å². The van der Waals surface area contributed by atoms with Crippen molar-refractivity contribution in [3.05, 3.63) is 29.8 Å². The summed E-state index contributed by atoms with van der Waals surface area (Å²) in [6, 6.07) is 8.47. The summed E-state index contributed by atoms with van der Waals surface area (Å²) in [7, 11) is 0. The summed E-state index contributed by atoms with van der Waals surface area (Å²) in [5, 5.41) is 0. The van der Waals surface area contributed by atoms with E-state index in [1.165, 1.54) is 5.69 Å². The zero-order valence-electron chi connectivity index (χ0n) is 9.30. The van der Waals surface area contributed by atoms with Crippen LogP contribution in [0.25, 0.3) is 0 Å². The molecule has 1 unspecified atom stereocenters. The van der Waals surface area contributed by atoms with Crippen LogP contribution in [0.3, 0.4) is 0 Å². The molecule has 16 heavy (non-hydrogen) atoms. The quantitative estimate of drug-likeness (QED) is 0.783. The predicted octanol–water partition coefficient (Wildman–Crippen LogP) is 1.45. The standard InChI is InChI=1S/C12H18N2OS/c13-12(9-16)10-1-3-11(4-2-10)14-5-7-15-8-6-14/h1-4,12,16H,5-9,13H2. The predicted molar refractivity (Wildman–Crippen MR) is 70.3 cm³/mol. The monoisotopic (exact) mass is 238 g/mol. The summed E-state index contributed by atoms with van der Waals surface area (Å²) >= 11 is 4.20. The summed E-state index contributed by atoms with van der Waals surface area (Å²) in [6.07, 6.45) is 0. The van der Waals surface area contributed by atoms with Crippen molar-refractivity contribution in [1.82, 2.24) is 0 Å². The molecule has 1 aliphatic heterocycles. The van der Waals surface area contributed by atoms with Crippen molar-refractivity contribution in [2.24, 2.45) is 5.73 Å². The molecule has 0 amide bonds. The third-order valence-corrected chi connectivity index (χ3v) is 3.29. The highest BCUT2D eigenvalue weighted by molar-refractivity contribution is 7.80. The lowest BCUT2D eigenvalue weighted by Crippen LogP contribution is -2.36. The normalized spacial score (nSPS) is 18.5. The average Bonchev–Trinajstić information content (AvgIpc) is 2.39. The second-order valence-corrected chi connectivity index (χ2v) is 4.35. The van der Waals surface area contributed by atoms with E-state index in [1.807, 2.05) is 0 Å². The van der Waals surface area contributed by atoms with Crippen LogP contribution >= 0.6 is 12.6 Å².